The van der Waals surface area contributed by atoms with Gasteiger partial charge in [-0.2, -0.15) is 13.2 Å². The number of carbonyl (C=O) groups excluding carboxylic acids is 1. The van der Waals surface area contributed by atoms with E-state index >= 15 is 0 Å². The maximum absolute atomic E-state index is 13.5. The largest absolute Gasteiger partial charge is 0.418 e. The molecule has 0 fully saturated rings. The Labute approximate surface area is 165 Å². The van der Waals surface area contributed by atoms with Crippen LogP contribution in [0.2, 0.25) is 0 Å². The number of carbonyl (C=O) groups is 1. The molecule has 0 aliphatic heterocycles. The molecule has 0 saturated heterocycles. The molecule has 2 aromatic carbocycles. The van der Waals surface area contributed by atoms with E-state index in [1.807, 2.05) is 0 Å². The smallest absolute Gasteiger partial charge is 0.278 e. The summed E-state index contributed by atoms with van der Waals surface area (Å²) in [6.45, 7) is 0. The first kappa shape index (κ1) is 21.7. The summed E-state index contributed by atoms with van der Waals surface area (Å²) in [7, 11) is 0. The van der Waals surface area contributed by atoms with Gasteiger partial charge in [0.2, 0.25) is 6.41 Å². The lowest BCUT2D eigenvalue weighted by atomic mass is 10.1. The zero-order valence-electron chi connectivity index (χ0n) is 13.6. The molecule has 0 aliphatic carbocycles. The predicted octanol–water partition coefficient (Wildman–Crippen LogP) is 4.49. The molecule has 0 spiro atoms. The van der Waals surface area contributed by atoms with E-state index in [0.29, 0.717) is 0 Å². The molecule has 0 radical (unpaired) electrons. The molecule has 0 heterocycles. The van der Waals surface area contributed by atoms with Crippen LogP contribution in [0.4, 0.5) is 41.6 Å². The average molecular weight is 479 g/mol. The Hall–Kier alpha value is -3.62. The molecule has 0 saturated carbocycles. The third-order valence-electron chi connectivity index (χ3n) is 3.53. The summed E-state index contributed by atoms with van der Waals surface area (Å²) in [6, 6.07) is 3.15. The van der Waals surface area contributed by atoms with E-state index in [1.165, 1.54) is 0 Å². The van der Waals surface area contributed by atoms with E-state index in [1.54, 1.807) is 0 Å². The Morgan fingerprint density at radius 2 is 1.52 bits per heavy atom. The van der Waals surface area contributed by atoms with Gasteiger partial charge in [-0.25, -0.2) is 0 Å². The van der Waals surface area contributed by atoms with E-state index in [4.69, 9.17) is 0 Å². The summed E-state index contributed by atoms with van der Waals surface area (Å²) in [5, 5.41) is 33.5. The first-order chi connectivity index (χ1) is 13.4. The van der Waals surface area contributed by atoms with E-state index in [0.717, 1.165) is 18.2 Å². The highest BCUT2D eigenvalue weighted by Crippen LogP contribution is 2.47. The summed E-state index contributed by atoms with van der Waals surface area (Å²) in [4.78, 5) is 41.5. The van der Waals surface area contributed by atoms with Gasteiger partial charge < -0.3 is 0 Å². The van der Waals surface area contributed by atoms with Crippen LogP contribution in [0.25, 0.3) is 0 Å². The summed E-state index contributed by atoms with van der Waals surface area (Å²) in [5.74, 6) is 0. The first-order valence-electron chi connectivity index (χ1n) is 7.11. The number of benzene rings is 2. The number of non-ortho nitro benzene ring substituents is 1. The Morgan fingerprint density at radius 3 is 1.97 bits per heavy atom. The molecular weight excluding hydrogens is 473 g/mol. The summed E-state index contributed by atoms with van der Waals surface area (Å²) in [5.41, 5.74) is -7.51. The van der Waals surface area contributed by atoms with Gasteiger partial charge >= 0.3 is 11.9 Å². The van der Waals surface area contributed by atoms with Crippen LogP contribution in [0.3, 0.4) is 0 Å². The van der Waals surface area contributed by atoms with Gasteiger partial charge in [0.25, 0.3) is 11.4 Å². The summed E-state index contributed by atoms with van der Waals surface area (Å²) in [6.07, 6.45) is -5.66. The third-order valence-corrected chi connectivity index (χ3v) is 4.02. The van der Waals surface area contributed by atoms with Gasteiger partial charge in [0.1, 0.15) is 11.4 Å². The molecule has 0 bridgehead atoms. The van der Waals surface area contributed by atoms with Crippen molar-refractivity contribution in [3.8, 4) is 0 Å². The van der Waals surface area contributed by atoms with Gasteiger partial charge in [-0.15, -0.1) is 0 Å². The fourth-order valence-corrected chi connectivity index (χ4v) is 2.74. The van der Waals surface area contributed by atoms with E-state index in [2.05, 4.69) is 15.9 Å². The lowest BCUT2D eigenvalue weighted by Gasteiger charge is -2.21. The maximum atomic E-state index is 13.5. The van der Waals surface area contributed by atoms with Gasteiger partial charge in [-0.3, -0.25) is 40.0 Å². The molecule has 29 heavy (non-hydrogen) atoms. The second-order valence-corrected chi connectivity index (χ2v) is 6.15. The first-order valence-corrected chi connectivity index (χ1v) is 7.90. The van der Waals surface area contributed by atoms with E-state index in [-0.39, 0.29) is 27.9 Å². The van der Waals surface area contributed by atoms with Crippen LogP contribution in [-0.2, 0) is 11.0 Å². The predicted molar refractivity (Wildman–Crippen MR) is 93.8 cm³/mol. The van der Waals surface area contributed by atoms with Crippen molar-refractivity contribution < 1.29 is 32.7 Å². The minimum absolute atomic E-state index is 0.00350. The highest BCUT2D eigenvalue weighted by molar-refractivity contribution is 9.10. The number of anilines is 2. The molecule has 152 valence electrons. The number of hydrogen-bond acceptors (Lipinski definition) is 7. The van der Waals surface area contributed by atoms with Crippen molar-refractivity contribution in [2.45, 2.75) is 6.18 Å². The van der Waals surface area contributed by atoms with Gasteiger partial charge in [0, 0.05) is 16.6 Å². The zero-order chi connectivity index (χ0) is 22.1. The number of alkyl halides is 3. The molecule has 0 N–H and O–H groups in total. The molecule has 0 unspecified atom stereocenters. The van der Waals surface area contributed by atoms with E-state index in [9.17, 15) is 48.3 Å². The summed E-state index contributed by atoms with van der Waals surface area (Å²) >= 11 is 2.93. The number of rotatable bonds is 6. The van der Waals surface area contributed by atoms with Crippen LogP contribution in [0, 0.1) is 30.3 Å². The Balaban J connectivity index is 2.98. The monoisotopic (exact) mass is 478 g/mol. The number of nitrogens with zero attached hydrogens (tertiary/aromatic N) is 4. The van der Waals surface area contributed by atoms with Crippen LogP contribution in [-0.4, -0.2) is 21.2 Å². The number of halogens is 4. The molecule has 2 rings (SSSR count). The number of amides is 1. The normalized spacial score (nSPS) is 11.0. The van der Waals surface area contributed by atoms with Crippen LogP contribution in [0.1, 0.15) is 5.56 Å². The Morgan fingerprint density at radius 1 is 0.931 bits per heavy atom. The van der Waals surface area contributed by atoms with Gasteiger partial charge in [-0.1, -0.05) is 15.9 Å². The van der Waals surface area contributed by atoms with Crippen molar-refractivity contribution in [1.29, 1.82) is 0 Å². The van der Waals surface area contributed by atoms with Crippen molar-refractivity contribution in [1.82, 2.24) is 0 Å². The van der Waals surface area contributed by atoms with Crippen LogP contribution < -0.4 is 4.90 Å². The molecule has 2 aromatic rings. The lowest BCUT2D eigenvalue weighted by molar-refractivity contribution is -0.394. The lowest BCUT2D eigenvalue weighted by Crippen LogP contribution is -2.22. The minimum atomic E-state index is -5.36. The number of nitro benzene ring substituents is 3. The number of nitro groups is 3. The van der Waals surface area contributed by atoms with Crippen molar-refractivity contribution in [2.75, 3.05) is 4.90 Å². The SMILES string of the molecule is O=CN(c1ccc(Br)cc1[N+](=O)[O-])c1c([N+](=O)[O-])cc([N+](=O)[O-])cc1C(F)(F)F. The number of hydrogen-bond donors (Lipinski definition) is 0. The highest BCUT2D eigenvalue weighted by atomic mass is 79.9. The average Bonchev–Trinajstić information content (AvgIpc) is 2.61. The van der Waals surface area contributed by atoms with Gasteiger partial charge in [0.05, 0.1) is 26.4 Å². The molecule has 15 heteroatoms. The van der Waals surface area contributed by atoms with Crippen molar-refractivity contribution in [3.63, 3.8) is 0 Å². The molecule has 0 atom stereocenters. The van der Waals surface area contributed by atoms with Crippen LogP contribution >= 0.6 is 15.9 Å². The molecule has 0 aromatic heterocycles. The Bertz CT molecular complexity index is 1040. The second kappa shape index (κ2) is 7.78. The maximum Gasteiger partial charge on any atom is 0.418 e. The Kier molecular flexibility index (Phi) is 5.82. The molecule has 11 nitrogen and oxygen atoms in total. The fraction of sp³-hybridized carbons (Fsp3) is 0.0714. The van der Waals surface area contributed by atoms with Gasteiger partial charge in [-0.05, 0) is 12.1 Å². The third kappa shape index (κ3) is 4.29. The van der Waals surface area contributed by atoms with E-state index < -0.39 is 54.9 Å². The minimum Gasteiger partial charge on any atom is -0.278 e. The second-order valence-electron chi connectivity index (χ2n) is 5.24. The van der Waals surface area contributed by atoms with Crippen molar-refractivity contribution in [2.24, 2.45) is 0 Å². The molecular formula is C14H6BrF3N4O7. The zero-order valence-corrected chi connectivity index (χ0v) is 15.2. The standard InChI is InChI=1S/C14H6BrF3N4O7/c15-7-1-2-10(11(3-7)21(26)27)19(6-23)13-9(14(16,17)18)4-8(20(24)25)5-12(13)22(28)29/h1-6H. The van der Waals surface area contributed by atoms with Crippen LogP contribution in [0.5, 0.6) is 0 Å². The molecule has 0 aliphatic rings. The van der Waals surface area contributed by atoms with Crippen molar-refractivity contribution >= 4 is 50.8 Å². The topological polar surface area (TPSA) is 150 Å². The highest BCUT2D eigenvalue weighted by Gasteiger charge is 2.42. The quantitative estimate of drug-likeness (QED) is 0.337. The van der Waals surface area contributed by atoms with Crippen LogP contribution in [0.15, 0.2) is 34.8 Å². The van der Waals surface area contributed by atoms with Gasteiger partial charge in [0.15, 0.2) is 0 Å². The van der Waals surface area contributed by atoms with Crippen molar-refractivity contribution in [3.05, 3.63) is 70.7 Å². The molecule has 1 amide bonds. The summed E-state index contributed by atoms with van der Waals surface area (Å²) < 4.78 is 40.8. The fourth-order valence-electron chi connectivity index (χ4n) is 2.39.